The Morgan fingerprint density at radius 2 is 1.95 bits per heavy atom. The second kappa shape index (κ2) is 6.03. The molecule has 1 aromatic carbocycles. The fourth-order valence-electron chi connectivity index (χ4n) is 1.48. The molecule has 0 saturated carbocycles. The maximum atomic E-state index is 12.4. The number of rotatable bonds is 2. The molecule has 1 amide bonds. The number of nitrogens with zero attached hydrogens (tertiary/aromatic N) is 1. The topological polar surface area (TPSA) is 42.0 Å². The summed E-state index contributed by atoms with van der Waals surface area (Å²) in [6.07, 6.45) is -3.67. The van der Waals surface area contributed by atoms with Gasteiger partial charge in [0, 0.05) is 10.7 Å². The van der Waals surface area contributed by atoms with Crippen molar-refractivity contribution in [3.8, 4) is 0 Å². The molecule has 0 atom stereocenters. The van der Waals surface area contributed by atoms with E-state index in [1.54, 1.807) is 18.2 Å². The Morgan fingerprint density at radius 3 is 2.52 bits per heavy atom. The Morgan fingerprint density at radius 1 is 1.24 bits per heavy atom. The summed E-state index contributed by atoms with van der Waals surface area (Å²) in [5.41, 5.74) is -0.713. The number of alkyl halides is 3. The summed E-state index contributed by atoms with van der Waals surface area (Å²) in [4.78, 5) is 15.2. The van der Waals surface area contributed by atoms with Gasteiger partial charge in [-0.3, -0.25) is 9.78 Å². The highest BCUT2D eigenvalue weighted by molar-refractivity contribution is 9.10. The quantitative estimate of drug-likeness (QED) is 0.817. The molecule has 2 rings (SSSR count). The molecule has 110 valence electrons. The smallest absolute Gasteiger partial charge is 0.321 e. The van der Waals surface area contributed by atoms with Crippen LogP contribution in [0.5, 0.6) is 0 Å². The number of anilines is 1. The first-order valence-corrected chi connectivity index (χ1v) is 6.74. The van der Waals surface area contributed by atoms with Crippen molar-refractivity contribution < 1.29 is 18.0 Å². The van der Waals surface area contributed by atoms with Crippen LogP contribution in [0.25, 0.3) is 0 Å². The second-order valence-corrected chi connectivity index (χ2v) is 5.33. The maximum absolute atomic E-state index is 12.4. The molecule has 0 spiro atoms. The van der Waals surface area contributed by atoms with Gasteiger partial charge in [-0.25, -0.2) is 0 Å². The lowest BCUT2D eigenvalue weighted by Gasteiger charge is -2.09. The fourth-order valence-corrected chi connectivity index (χ4v) is 2.01. The largest absolute Gasteiger partial charge is 0.433 e. The van der Waals surface area contributed by atoms with E-state index in [0.717, 1.165) is 18.3 Å². The van der Waals surface area contributed by atoms with Gasteiger partial charge in [0.05, 0.1) is 16.3 Å². The number of benzene rings is 1. The second-order valence-electron chi connectivity index (χ2n) is 4.01. The zero-order chi connectivity index (χ0) is 15.6. The Labute approximate surface area is 131 Å². The van der Waals surface area contributed by atoms with Crippen LogP contribution in [-0.4, -0.2) is 10.9 Å². The monoisotopic (exact) mass is 378 g/mol. The lowest BCUT2D eigenvalue weighted by Crippen LogP contribution is -2.14. The maximum Gasteiger partial charge on any atom is 0.433 e. The number of pyridine rings is 1. The van der Waals surface area contributed by atoms with E-state index in [-0.39, 0.29) is 5.56 Å². The summed E-state index contributed by atoms with van der Waals surface area (Å²) in [6.45, 7) is 0. The lowest BCUT2D eigenvalue weighted by atomic mass is 10.2. The third kappa shape index (κ3) is 3.95. The summed E-state index contributed by atoms with van der Waals surface area (Å²) in [7, 11) is 0. The number of hydrogen-bond donors (Lipinski definition) is 1. The van der Waals surface area contributed by atoms with Gasteiger partial charge >= 0.3 is 6.18 Å². The average molecular weight is 380 g/mol. The van der Waals surface area contributed by atoms with Crippen molar-refractivity contribution in [1.29, 1.82) is 0 Å². The van der Waals surface area contributed by atoms with Crippen LogP contribution >= 0.6 is 27.5 Å². The molecule has 3 nitrogen and oxygen atoms in total. The van der Waals surface area contributed by atoms with Crippen molar-refractivity contribution in [2.24, 2.45) is 0 Å². The van der Waals surface area contributed by atoms with Crippen LogP contribution in [-0.2, 0) is 6.18 Å². The number of hydrogen-bond acceptors (Lipinski definition) is 2. The molecule has 0 fully saturated rings. The number of halogens is 5. The Kier molecular flexibility index (Phi) is 4.53. The number of carbonyl (C=O) groups excluding carboxylic acids is 1. The summed E-state index contributed by atoms with van der Waals surface area (Å²) < 4.78 is 37.8. The molecule has 0 saturated heterocycles. The number of carbonyl (C=O) groups is 1. The molecule has 1 aromatic heterocycles. The van der Waals surface area contributed by atoms with Gasteiger partial charge in [0.25, 0.3) is 5.91 Å². The Hall–Kier alpha value is -1.60. The molecule has 0 aliphatic heterocycles. The molecular formula is C13H7BrClF3N2O. The van der Waals surface area contributed by atoms with Crippen LogP contribution in [0.4, 0.5) is 18.9 Å². The number of amides is 1. The van der Waals surface area contributed by atoms with Crippen molar-refractivity contribution in [2.45, 2.75) is 6.18 Å². The molecule has 0 radical (unpaired) electrons. The molecule has 1 heterocycles. The minimum Gasteiger partial charge on any atom is -0.321 e. The fraction of sp³-hybridized carbons (Fsp3) is 0.0769. The first kappa shape index (κ1) is 15.8. The van der Waals surface area contributed by atoms with Gasteiger partial charge in [-0.1, -0.05) is 27.5 Å². The summed E-state index contributed by atoms with van der Waals surface area (Å²) in [6, 6.07) is 6.65. The molecule has 1 N–H and O–H groups in total. The summed E-state index contributed by atoms with van der Waals surface area (Å²) >= 11 is 9.14. The van der Waals surface area contributed by atoms with Crippen LogP contribution in [0.3, 0.4) is 0 Å². The normalized spacial score (nSPS) is 11.3. The number of aromatic nitrogens is 1. The van der Waals surface area contributed by atoms with E-state index in [9.17, 15) is 18.0 Å². The summed E-state index contributed by atoms with van der Waals surface area (Å²) in [5.74, 6) is -0.601. The van der Waals surface area contributed by atoms with E-state index in [1.165, 1.54) is 0 Å². The van der Waals surface area contributed by atoms with E-state index in [0.29, 0.717) is 15.2 Å². The zero-order valence-corrected chi connectivity index (χ0v) is 12.6. The van der Waals surface area contributed by atoms with Crippen LogP contribution < -0.4 is 5.32 Å². The van der Waals surface area contributed by atoms with Crippen molar-refractivity contribution in [2.75, 3.05) is 5.32 Å². The molecule has 0 aliphatic rings. The van der Waals surface area contributed by atoms with Crippen LogP contribution in [0.15, 0.2) is 41.0 Å². The van der Waals surface area contributed by atoms with E-state index >= 15 is 0 Å². The van der Waals surface area contributed by atoms with Gasteiger partial charge in [0.1, 0.15) is 5.69 Å². The van der Waals surface area contributed by atoms with Crippen molar-refractivity contribution in [3.63, 3.8) is 0 Å². The molecule has 21 heavy (non-hydrogen) atoms. The standard InChI is InChI=1S/C13H7BrClF3N2O/c14-8-2-3-9(15)10(5-8)20-12(21)7-1-4-11(19-6-7)13(16,17)18/h1-6H,(H,20,21). The molecule has 0 aliphatic carbocycles. The minimum absolute atomic E-state index is 0.000887. The molecule has 8 heteroatoms. The van der Waals surface area contributed by atoms with Gasteiger partial charge in [0.15, 0.2) is 0 Å². The molecule has 2 aromatic rings. The molecule has 0 bridgehead atoms. The van der Waals surface area contributed by atoms with E-state index in [1.807, 2.05) is 0 Å². The summed E-state index contributed by atoms with van der Waals surface area (Å²) in [5, 5.41) is 2.81. The first-order chi connectivity index (χ1) is 9.77. The van der Waals surface area contributed by atoms with Crippen molar-refractivity contribution in [3.05, 3.63) is 57.3 Å². The Balaban J connectivity index is 2.19. The van der Waals surface area contributed by atoms with Crippen molar-refractivity contribution in [1.82, 2.24) is 4.98 Å². The molecule has 0 unspecified atom stereocenters. The highest BCUT2D eigenvalue weighted by atomic mass is 79.9. The van der Waals surface area contributed by atoms with Crippen molar-refractivity contribution >= 4 is 39.1 Å². The van der Waals surface area contributed by atoms with E-state index in [2.05, 4.69) is 26.2 Å². The highest BCUT2D eigenvalue weighted by Crippen LogP contribution is 2.28. The predicted molar refractivity (Wildman–Crippen MR) is 76.3 cm³/mol. The van der Waals surface area contributed by atoms with Crippen LogP contribution in [0.1, 0.15) is 16.1 Å². The van der Waals surface area contributed by atoms with Gasteiger partial charge in [-0.2, -0.15) is 13.2 Å². The first-order valence-electron chi connectivity index (χ1n) is 5.57. The van der Waals surface area contributed by atoms with Gasteiger partial charge in [-0.15, -0.1) is 0 Å². The Bertz CT molecular complexity index is 674. The van der Waals surface area contributed by atoms with Crippen LogP contribution in [0.2, 0.25) is 5.02 Å². The van der Waals surface area contributed by atoms with E-state index < -0.39 is 17.8 Å². The minimum atomic E-state index is -4.54. The zero-order valence-electron chi connectivity index (χ0n) is 10.2. The van der Waals surface area contributed by atoms with Gasteiger partial charge < -0.3 is 5.32 Å². The predicted octanol–water partition coefficient (Wildman–Crippen LogP) is 4.77. The number of nitrogens with one attached hydrogen (secondary N) is 1. The van der Waals surface area contributed by atoms with E-state index in [4.69, 9.17) is 11.6 Å². The van der Waals surface area contributed by atoms with Gasteiger partial charge in [0.2, 0.25) is 0 Å². The third-order valence-electron chi connectivity index (χ3n) is 2.49. The molecular weight excluding hydrogens is 373 g/mol. The third-order valence-corrected chi connectivity index (χ3v) is 3.32. The van der Waals surface area contributed by atoms with Crippen LogP contribution in [0, 0.1) is 0 Å². The highest BCUT2D eigenvalue weighted by Gasteiger charge is 2.32. The lowest BCUT2D eigenvalue weighted by molar-refractivity contribution is -0.141. The van der Waals surface area contributed by atoms with Gasteiger partial charge in [-0.05, 0) is 30.3 Å². The average Bonchev–Trinajstić information content (AvgIpc) is 2.42. The SMILES string of the molecule is O=C(Nc1cc(Br)ccc1Cl)c1ccc(C(F)(F)F)nc1.